The van der Waals surface area contributed by atoms with E-state index in [1.807, 2.05) is 38.1 Å². The van der Waals surface area contributed by atoms with Gasteiger partial charge in [-0.2, -0.15) is 0 Å². The summed E-state index contributed by atoms with van der Waals surface area (Å²) in [4.78, 5) is 55.9. The molecule has 1 aliphatic heterocycles. The Balaban J connectivity index is 0.00000127. The number of carbonyl (C=O) groups is 4. The second-order valence-corrected chi connectivity index (χ2v) is 8.89. The number of hydrogen-bond acceptors (Lipinski definition) is 6. The summed E-state index contributed by atoms with van der Waals surface area (Å²) in [5, 5.41) is 12.6. The number of aryl methyl sites for hydroxylation is 2. The number of hydrogen-bond donors (Lipinski definition) is 4. The lowest BCUT2D eigenvalue weighted by Crippen LogP contribution is -2.40. The Morgan fingerprint density at radius 3 is 2.68 bits per heavy atom. The fourth-order valence-electron chi connectivity index (χ4n) is 4.16. The van der Waals surface area contributed by atoms with Gasteiger partial charge in [0.1, 0.15) is 18.2 Å². The van der Waals surface area contributed by atoms with Crippen molar-refractivity contribution in [1.29, 1.82) is 0 Å². The molecule has 3 aromatic rings. The first-order chi connectivity index (χ1) is 18.3. The summed E-state index contributed by atoms with van der Waals surface area (Å²) in [5.41, 5.74) is 4.01. The number of nitrogens with one attached hydrogen (secondary N) is 3. The fourth-order valence-corrected chi connectivity index (χ4v) is 4.16. The Morgan fingerprint density at radius 2 is 1.89 bits per heavy atom. The number of rotatable bonds is 2. The van der Waals surface area contributed by atoms with E-state index in [1.54, 1.807) is 17.0 Å². The van der Waals surface area contributed by atoms with Crippen LogP contribution in [0.15, 0.2) is 36.4 Å². The highest BCUT2D eigenvalue weighted by Gasteiger charge is 2.18. The number of H-pyrrole nitrogens is 1. The van der Waals surface area contributed by atoms with Crippen molar-refractivity contribution in [2.75, 3.05) is 32.8 Å². The number of aromatic nitrogens is 2. The maximum Gasteiger partial charge on any atom is 0.290 e. The summed E-state index contributed by atoms with van der Waals surface area (Å²) in [6, 6.07) is 11.2. The van der Waals surface area contributed by atoms with Crippen LogP contribution in [0.5, 0.6) is 5.75 Å². The number of benzene rings is 2. The highest BCUT2D eigenvalue weighted by atomic mass is 16.5. The smallest absolute Gasteiger partial charge is 0.290 e. The van der Waals surface area contributed by atoms with Crippen molar-refractivity contribution in [2.24, 2.45) is 0 Å². The van der Waals surface area contributed by atoms with E-state index < -0.39 is 0 Å². The molecule has 0 saturated heterocycles. The normalized spacial score (nSPS) is 14.9. The number of nitrogens with zero attached hydrogens (tertiary/aromatic N) is 2. The highest BCUT2D eigenvalue weighted by molar-refractivity contribution is 5.97. The van der Waals surface area contributed by atoms with Crippen LogP contribution >= 0.6 is 0 Å². The molecule has 0 bridgehead atoms. The average Bonchev–Trinajstić information content (AvgIpc) is 3.25. The van der Waals surface area contributed by atoms with Gasteiger partial charge in [0.25, 0.3) is 12.4 Å². The maximum atomic E-state index is 13.2. The van der Waals surface area contributed by atoms with Crippen molar-refractivity contribution in [3.63, 3.8) is 0 Å². The zero-order valence-electron chi connectivity index (χ0n) is 21.6. The Labute approximate surface area is 220 Å². The fraction of sp³-hybridized carbons (Fsp3) is 0.370. The van der Waals surface area contributed by atoms with Gasteiger partial charge in [-0.05, 0) is 50.1 Å². The van der Waals surface area contributed by atoms with Crippen molar-refractivity contribution < 1.29 is 29.0 Å². The van der Waals surface area contributed by atoms with Crippen LogP contribution in [0.2, 0.25) is 0 Å². The van der Waals surface area contributed by atoms with Gasteiger partial charge in [0, 0.05) is 26.1 Å². The number of amides is 3. The maximum absolute atomic E-state index is 13.2. The van der Waals surface area contributed by atoms with Crippen molar-refractivity contribution >= 4 is 35.2 Å². The molecule has 1 aromatic heterocycles. The second-order valence-electron chi connectivity index (χ2n) is 8.89. The summed E-state index contributed by atoms with van der Waals surface area (Å²) >= 11 is 0. The molecule has 3 amide bonds. The van der Waals surface area contributed by atoms with Gasteiger partial charge in [0.15, 0.2) is 0 Å². The molecule has 0 radical (unpaired) electrons. The van der Waals surface area contributed by atoms with E-state index >= 15 is 0 Å². The number of carbonyl (C=O) groups excluding carboxylic acids is 3. The predicted octanol–water partition coefficient (Wildman–Crippen LogP) is 1.97. The predicted molar refractivity (Wildman–Crippen MR) is 141 cm³/mol. The third-order valence-corrected chi connectivity index (χ3v) is 5.93. The van der Waals surface area contributed by atoms with Crippen LogP contribution in [0.3, 0.4) is 0 Å². The number of imidazole rings is 1. The molecule has 0 fully saturated rings. The van der Waals surface area contributed by atoms with Gasteiger partial charge in [-0.1, -0.05) is 17.7 Å². The third-order valence-electron chi connectivity index (χ3n) is 5.93. The van der Waals surface area contributed by atoms with Crippen LogP contribution in [0.25, 0.3) is 11.0 Å². The van der Waals surface area contributed by atoms with Gasteiger partial charge < -0.3 is 30.4 Å². The van der Waals surface area contributed by atoms with Gasteiger partial charge in [0.05, 0.1) is 29.6 Å². The van der Waals surface area contributed by atoms with Gasteiger partial charge in [-0.3, -0.25) is 19.2 Å². The molecule has 4 rings (SSSR count). The second kappa shape index (κ2) is 13.8. The summed E-state index contributed by atoms with van der Waals surface area (Å²) in [7, 11) is 0. The van der Waals surface area contributed by atoms with E-state index in [2.05, 4.69) is 20.6 Å². The molecule has 0 atom stereocenters. The van der Waals surface area contributed by atoms with Crippen LogP contribution < -0.4 is 15.4 Å². The van der Waals surface area contributed by atoms with E-state index in [9.17, 15) is 14.4 Å². The number of aromatic amines is 1. The number of fused-ring (bicyclic) bond motifs is 2. The van der Waals surface area contributed by atoms with Gasteiger partial charge in [-0.15, -0.1) is 0 Å². The van der Waals surface area contributed by atoms with Crippen LogP contribution in [-0.2, 0) is 20.8 Å². The van der Waals surface area contributed by atoms with Crippen LogP contribution in [-0.4, -0.2) is 77.0 Å². The molecule has 4 N–H and O–H groups in total. The summed E-state index contributed by atoms with van der Waals surface area (Å²) < 4.78 is 5.75. The minimum absolute atomic E-state index is 0.0564. The van der Waals surface area contributed by atoms with E-state index in [4.69, 9.17) is 14.6 Å². The molecule has 11 heteroatoms. The van der Waals surface area contributed by atoms with Gasteiger partial charge >= 0.3 is 0 Å². The van der Waals surface area contributed by atoms with Crippen LogP contribution in [0.1, 0.15) is 40.2 Å². The molecule has 202 valence electrons. The number of ether oxygens (including phenoxy) is 1. The van der Waals surface area contributed by atoms with E-state index in [1.165, 1.54) is 0 Å². The summed E-state index contributed by atoms with van der Waals surface area (Å²) in [5.74, 6) is 0.892. The molecule has 0 saturated carbocycles. The molecule has 0 unspecified atom stereocenters. The first-order valence-electron chi connectivity index (χ1n) is 12.4. The van der Waals surface area contributed by atoms with Crippen molar-refractivity contribution in [3.8, 4) is 5.75 Å². The van der Waals surface area contributed by atoms with Crippen molar-refractivity contribution in [2.45, 2.75) is 33.1 Å². The standard InChI is InChI=1S/C26H31N5O4.CH2O2/c1-17-5-8-23-20(14-17)26(34)28-9-12-31(11-3-4-24(32)27-10-13-35-23)25(33)16-19-6-7-21-22(15-19)30-18(2)29-21;2-1-3/h5-8,14-15H,3-4,9-13,16H2,1-2H3,(H,27,32)(H,28,34)(H,29,30);1H,(H,2,3). The minimum atomic E-state index is -0.255. The molecular formula is C27H33N5O6. The average molecular weight is 524 g/mol. The summed E-state index contributed by atoms with van der Waals surface area (Å²) in [6.45, 7) is 5.23. The largest absolute Gasteiger partial charge is 0.491 e. The zero-order chi connectivity index (χ0) is 27.5. The number of carboxylic acid groups (broad SMARTS) is 1. The molecule has 1 aliphatic rings. The van der Waals surface area contributed by atoms with Crippen molar-refractivity contribution in [1.82, 2.24) is 25.5 Å². The highest BCUT2D eigenvalue weighted by Crippen LogP contribution is 2.20. The van der Waals surface area contributed by atoms with E-state index in [0.717, 1.165) is 28.0 Å². The minimum Gasteiger partial charge on any atom is -0.491 e. The Morgan fingerprint density at radius 1 is 1.11 bits per heavy atom. The molecule has 0 spiro atoms. The van der Waals surface area contributed by atoms with Crippen LogP contribution in [0.4, 0.5) is 0 Å². The van der Waals surface area contributed by atoms with E-state index in [0.29, 0.717) is 50.3 Å². The quantitative estimate of drug-likeness (QED) is 0.375. The first-order valence-corrected chi connectivity index (χ1v) is 12.4. The summed E-state index contributed by atoms with van der Waals surface area (Å²) in [6.07, 6.45) is 1.07. The SMILES string of the molecule is Cc1ccc2c(c1)C(=O)NCCN(C(=O)Cc1ccc3nc(C)[nH]c3c1)CCCC(=O)NCCO2.O=CO. The van der Waals surface area contributed by atoms with E-state index in [-0.39, 0.29) is 37.2 Å². The molecule has 2 aromatic carbocycles. The topological polar surface area (TPSA) is 154 Å². The Hall–Kier alpha value is -4.41. The Bertz CT molecular complexity index is 1290. The van der Waals surface area contributed by atoms with Crippen molar-refractivity contribution in [3.05, 3.63) is 58.9 Å². The molecule has 2 heterocycles. The lowest BCUT2D eigenvalue weighted by molar-refractivity contribution is -0.131. The lowest BCUT2D eigenvalue weighted by Gasteiger charge is -2.23. The zero-order valence-corrected chi connectivity index (χ0v) is 21.6. The monoisotopic (exact) mass is 523 g/mol. The third kappa shape index (κ3) is 8.05. The Kier molecular flexibility index (Phi) is 10.2. The molecule has 38 heavy (non-hydrogen) atoms. The van der Waals surface area contributed by atoms with Gasteiger partial charge in [-0.25, -0.2) is 4.98 Å². The molecule has 11 nitrogen and oxygen atoms in total. The molecular weight excluding hydrogens is 490 g/mol. The van der Waals surface area contributed by atoms with Crippen LogP contribution in [0, 0.1) is 13.8 Å². The lowest BCUT2D eigenvalue weighted by atomic mass is 10.1. The van der Waals surface area contributed by atoms with Gasteiger partial charge in [0.2, 0.25) is 11.8 Å². The first kappa shape index (κ1) is 28.2. The molecule has 0 aliphatic carbocycles.